The summed E-state index contributed by atoms with van der Waals surface area (Å²) in [4.78, 5) is 0. The molecule has 0 spiro atoms. The summed E-state index contributed by atoms with van der Waals surface area (Å²) in [6, 6.07) is 0. The summed E-state index contributed by atoms with van der Waals surface area (Å²) in [6.07, 6.45) is -2.13. The topological polar surface area (TPSA) is 100 Å². The average molecular weight is 263 g/mol. The first-order valence-corrected chi connectivity index (χ1v) is 6.10. The highest BCUT2D eigenvalue weighted by atomic mass is 16.9. The Balaban J connectivity index is 2.02. The Morgan fingerprint density at radius 2 is 1.94 bits per heavy atom. The number of nitrogens with one attached hydrogen (secondary N) is 1. The second-order valence-electron chi connectivity index (χ2n) is 5.08. The molecule has 0 unspecified atom stereocenters. The van der Waals surface area contributed by atoms with Crippen molar-refractivity contribution in [3.05, 3.63) is 0 Å². The van der Waals surface area contributed by atoms with Crippen molar-refractivity contribution in [3.63, 3.8) is 0 Å². The normalized spacial score (nSPS) is 42.2. The number of rotatable bonds is 5. The van der Waals surface area contributed by atoms with Gasteiger partial charge in [-0.1, -0.05) is 0 Å². The van der Waals surface area contributed by atoms with Crippen LogP contribution in [0.2, 0.25) is 0 Å². The van der Waals surface area contributed by atoms with Gasteiger partial charge in [-0.25, -0.2) is 0 Å². The standard InChI is InChI=1S/C11H21NO6/c1-10(2)17-9-8(15)7(5-12-3-4-13)16-11(9,6-14)18-10/h7-9,12-15H,3-6H2,1-2H3/t7-,8+,9-,11-/m0/s1. The number of aliphatic hydroxyl groups excluding tert-OH is 3. The molecule has 2 aliphatic rings. The van der Waals surface area contributed by atoms with Crippen LogP contribution in [0.4, 0.5) is 0 Å². The highest BCUT2D eigenvalue weighted by Crippen LogP contribution is 2.44. The lowest BCUT2D eigenvalue weighted by atomic mass is 10.1. The maximum atomic E-state index is 10.1. The van der Waals surface area contributed by atoms with Gasteiger partial charge in [0, 0.05) is 13.1 Å². The fraction of sp³-hybridized carbons (Fsp3) is 1.00. The van der Waals surface area contributed by atoms with E-state index in [1.807, 2.05) is 0 Å². The summed E-state index contributed by atoms with van der Waals surface area (Å²) >= 11 is 0. The van der Waals surface area contributed by atoms with E-state index in [2.05, 4.69) is 5.32 Å². The molecule has 0 amide bonds. The van der Waals surface area contributed by atoms with Gasteiger partial charge in [-0.15, -0.1) is 0 Å². The zero-order chi connectivity index (χ0) is 13.4. The molecule has 0 bridgehead atoms. The second kappa shape index (κ2) is 5.01. The van der Waals surface area contributed by atoms with Crippen LogP contribution >= 0.6 is 0 Å². The largest absolute Gasteiger partial charge is 0.395 e. The first-order chi connectivity index (χ1) is 8.44. The predicted octanol–water partition coefficient (Wildman–Crippen LogP) is -1.83. The van der Waals surface area contributed by atoms with Gasteiger partial charge in [-0.3, -0.25) is 0 Å². The van der Waals surface area contributed by atoms with E-state index in [0.717, 1.165) is 0 Å². The zero-order valence-electron chi connectivity index (χ0n) is 10.6. The molecule has 2 fully saturated rings. The Hall–Kier alpha value is -0.280. The highest BCUT2D eigenvalue weighted by Gasteiger charge is 2.64. The lowest BCUT2D eigenvalue weighted by Crippen LogP contribution is -2.43. The van der Waals surface area contributed by atoms with Crippen LogP contribution in [-0.2, 0) is 14.2 Å². The van der Waals surface area contributed by atoms with Crippen molar-refractivity contribution >= 4 is 0 Å². The second-order valence-corrected chi connectivity index (χ2v) is 5.08. The summed E-state index contributed by atoms with van der Waals surface area (Å²) < 4.78 is 16.8. The van der Waals surface area contributed by atoms with E-state index in [9.17, 15) is 10.2 Å². The van der Waals surface area contributed by atoms with Crippen LogP contribution in [0.25, 0.3) is 0 Å². The van der Waals surface area contributed by atoms with Crippen LogP contribution in [0.15, 0.2) is 0 Å². The molecule has 7 heteroatoms. The van der Waals surface area contributed by atoms with Crippen LogP contribution in [0.1, 0.15) is 13.8 Å². The first-order valence-electron chi connectivity index (χ1n) is 6.10. The molecule has 2 saturated heterocycles. The van der Waals surface area contributed by atoms with Crippen LogP contribution in [0.5, 0.6) is 0 Å². The Kier molecular flexibility index (Phi) is 3.93. The Bertz CT molecular complexity index is 299. The molecule has 0 aliphatic carbocycles. The number of hydrogen-bond acceptors (Lipinski definition) is 7. The molecule has 2 rings (SSSR count). The van der Waals surface area contributed by atoms with Crippen molar-refractivity contribution in [2.24, 2.45) is 0 Å². The van der Waals surface area contributed by atoms with E-state index >= 15 is 0 Å². The molecule has 4 N–H and O–H groups in total. The molecule has 7 nitrogen and oxygen atoms in total. The summed E-state index contributed by atoms with van der Waals surface area (Å²) in [7, 11) is 0. The van der Waals surface area contributed by atoms with Crippen LogP contribution in [-0.4, -0.2) is 71.5 Å². The molecule has 0 aromatic carbocycles. The van der Waals surface area contributed by atoms with Gasteiger partial charge >= 0.3 is 0 Å². The van der Waals surface area contributed by atoms with Crippen molar-refractivity contribution < 1.29 is 29.5 Å². The molecule has 0 aromatic heterocycles. The molecule has 0 aromatic rings. The molecule has 0 saturated carbocycles. The average Bonchev–Trinajstić information content (AvgIpc) is 2.71. The van der Waals surface area contributed by atoms with Crippen molar-refractivity contribution in [1.29, 1.82) is 0 Å². The van der Waals surface area contributed by atoms with Crippen LogP contribution in [0.3, 0.4) is 0 Å². The Morgan fingerprint density at radius 1 is 1.22 bits per heavy atom. The third-order valence-corrected chi connectivity index (χ3v) is 3.16. The minimum Gasteiger partial charge on any atom is -0.395 e. The third-order valence-electron chi connectivity index (χ3n) is 3.16. The van der Waals surface area contributed by atoms with Gasteiger partial charge in [0.05, 0.1) is 6.61 Å². The molecule has 4 atom stereocenters. The smallest absolute Gasteiger partial charge is 0.224 e. The monoisotopic (exact) mass is 263 g/mol. The van der Waals surface area contributed by atoms with E-state index in [-0.39, 0.29) is 13.2 Å². The molecule has 106 valence electrons. The quantitative estimate of drug-likeness (QED) is 0.433. The Morgan fingerprint density at radius 3 is 2.50 bits per heavy atom. The highest BCUT2D eigenvalue weighted by molar-refractivity contribution is 5.02. The van der Waals surface area contributed by atoms with Crippen LogP contribution in [0, 0.1) is 0 Å². The summed E-state index contributed by atoms with van der Waals surface area (Å²) in [5.41, 5.74) is 0. The van der Waals surface area contributed by atoms with E-state index in [4.69, 9.17) is 19.3 Å². The van der Waals surface area contributed by atoms with Gasteiger partial charge in [-0.05, 0) is 13.8 Å². The summed E-state index contributed by atoms with van der Waals surface area (Å²) in [5.74, 6) is -2.19. The molecular weight excluding hydrogens is 242 g/mol. The van der Waals surface area contributed by atoms with Gasteiger partial charge in [0.2, 0.25) is 5.79 Å². The molecule has 2 aliphatic heterocycles. The Labute approximate surface area is 106 Å². The predicted molar refractivity (Wildman–Crippen MR) is 60.7 cm³/mol. The summed E-state index contributed by atoms with van der Waals surface area (Å²) in [5, 5.41) is 31.2. The van der Waals surface area contributed by atoms with E-state index in [1.165, 1.54) is 0 Å². The molecule has 0 radical (unpaired) electrons. The van der Waals surface area contributed by atoms with Gasteiger partial charge in [0.15, 0.2) is 5.79 Å². The van der Waals surface area contributed by atoms with Gasteiger partial charge in [0.1, 0.15) is 24.9 Å². The van der Waals surface area contributed by atoms with E-state index < -0.39 is 29.9 Å². The minimum atomic E-state index is -1.30. The number of aliphatic hydroxyl groups is 3. The third kappa shape index (κ3) is 2.39. The lowest BCUT2D eigenvalue weighted by Gasteiger charge is -2.27. The van der Waals surface area contributed by atoms with Crippen molar-refractivity contribution in [3.8, 4) is 0 Å². The molecule has 18 heavy (non-hydrogen) atoms. The maximum Gasteiger partial charge on any atom is 0.224 e. The fourth-order valence-electron chi connectivity index (χ4n) is 2.48. The minimum absolute atomic E-state index is 0.0113. The SMILES string of the molecule is CC1(C)O[C@H]2[C@H](O)[C@H](CNCCO)O[C@@]2(CO)O1. The van der Waals surface area contributed by atoms with Crippen molar-refractivity contribution in [2.75, 3.05) is 26.3 Å². The number of ether oxygens (including phenoxy) is 3. The van der Waals surface area contributed by atoms with Crippen molar-refractivity contribution in [2.45, 2.75) is 43.7 Å². The van der Waals surface area contributed by atoms with E-state index in [0.29, 0.717) is 13.1 Å². The number of hydrogen-bond donors (Lipinski definition) is 4. The molecular formula is C11H21NO6. The lowest BCUT2D eigenvalue weighted by molar-refractivity contribution is -0.273. The van der Waals surface area contributed by atoms with Crippen LogP contribution < -0.4 is 5.32 Å². The van der Waals surface area contributed by atoms with Gasteiger partial charge < -0.3 is 34.8 Å². The van der Waals surface area contributed by atoms with Gasteiger partial charge in [0.25, 0.3) is 0 Å². The van der Waals surface area contributed by atoms with Crippen molar-refractivity contribution in [1.82, 2.24) is 5.32 Å². The number of fused-ring (bicyclic) bond motifs is 1. The maximum absolute atomic E-state index is 10.1. The fourth-order valence-corrected chi connectivity index (χ4v) is 2.48. The molecule has 2 heterocycles. The first kappa shape index (κ1) is 14.1. The zero-order valence-corrected chi connectivity index (χ0v) is 10.6. The van der Waals surface area contributed by atoms with Gasteiger partial charge in [-0.2, -0.15) is 0 Å². The van der Waals surface area contributed by atoms with E-state index in [1.54, 1.807) is 13.8 Å². The summed E-state index contributed by atoms with van der Waals surface area (Å²) in [6.45, 7) is 3.81.